The van der Waals surface area contributed by atoms with Crippen LogP contribution in [0.15, 0.2) is 140 Å². The van der Waals surface area contributed by atoms with Crippen molar-refractivity contribution in [1.29, 1.82) is 0 Å². The minimum Gasteiger partial charge on any atom is -1.00 e. The topological polar surface area (TPSA) is 106 Å². The van der Waals surface area contributed by atoms with E-state index >= 15 is 0 Å². The number of carbonyl (C=O) groups excluding carboxylic acids is 1. The Morgan fingerprint density at radius 1 is 0.391 bits per heavy atom. The van der Waals surface area contributed by atoms with Gasteiger partial charge in [0, 0.05) is 102 Å². The SMILES string of the molecule is CCCCCCCCCCCCCCCCCC(=O)NCCCCc1ccnc2c1ccc1cccnc12.[Cl-].[Cl-].[Ru].c1cnc2c(c1)ccc1cccnc12.c1cnc2c(c1)ccc1cccnc12. The van der Waals surface area contributed by atoms with Crippen molar-refractivity contribution in [3.63, 3.8) is 0 Å². The van der Waals surface area contributed by atoms with Gasteiger partial charge >= 0.3 is 0 Å². The van der Waals surface area contributed by atoms with Gasteiger partial charge in [0.25, 0.3) is 0 Å². The van der Waals surface area contributed by atoms with E-state index in [1.165, 1.54) is 101 Å². The molecule has 0 fully saturated rings. The number of hydrogen-bond donors (Lipinski definition) is 1. The summed E-state index contributed by atoms with van der Waals surface area (Å²) in [4.78, 5) is 38.7. The molecule has 0 aliphatic rings. The zero-order valence-corrected chi connectivity index (χ0v) is 43.4. The van der Waals surface area contributed by atoms with E-state index in [2.05, 4.69) is 115 Å². The number of hydrogen-bond acceptors (Lipinski definition) is 7. The first kappa shape index (κ1) is 56.4. The molecule has 69 heavy (non-hydrogen) atoms. The fraction of sp³-hybridized carbons (Fsp3) is 0.362. The fourth-order valence-electron chi connectivity index (χ4n) is 8.80. The van der Waals surface area contributed by atoms with Gasteiger partial charge in [0.2, 0.25) is 5.91 Å². The second-order valence-electron chi connectivity index (χ2n) is 17.4. The number of aromatic nitrogens is 6. The van der Waals surface area contributed by atoms with E-state index in [0.717, 1.165) is 92.3 Å². The molecule has 8 nitrogen and oxygen atoms in total. The van der Waals surface area contributed by atoms with Gasteiger partial charge in [0.05, 0.1) is 33.1 Å². The molecule has 0 saturated heterocycles. The van der Waals surface area contributed by atoms with Crippen molar-refractivity contribution in [2.45, 2.75) is 129 Å². The monoisotopic (exact) mass is 1050 g/mol. The molecular weight excluding hydrogens is 983 g/mol. The van der Waals surface area contributed by atoms with Crippen LogP contribution in [0.25, 0.3) is 65.4 Å². The van der Waals surface area contributed by atoms with Gasteiger partial charge in [-0.15, -0.1) is 0 Å². The van der Waals surface area contributed by atoms with Gasteiger partial charge in [-0.3, -0.25) is 34.7 Å². The van der Waals surface area contributed by atoms with Gasteiger partial charge in [-0.2, -0.15) is 0 Å². The van der Waals surface area contributed by atoms with Crippen LogP contribution < -0.4 is 30.1 Å². The minimum atomic E-state index is 0. The maximum atomic E-state index is 12.2. The zero-order chi connectivity index (χ0) is 45.4. The van der Waals surface area contributed by atoms with E-state index in [-0.39, 0.29) is 50.2 Å². The number of benzene rings is 3. The normalized spacial score (nSPS) is 10.7. The van der Waals surface area contributed by atoms with E-state index in [1.807, 2.05) is 42.7 Å². The van der Waals surface area contributed by atoms with Crippen LogP contribution in [0.5, 0.6) is 0 Å². The van der Waals surface area contributed by atoms with Crippen LogP contribution in [-0.2, 0) is 30.7 Å². The Bertz CT molecular complexity index is 2680. The molecule has 9 rings (SSSR count). The third-order valence-corrected chi connectivity index (χ3v) is 12.5. The number of fused-ring (bicyclic) bond motifs is 9. The average Bonchev–Trinajstić information content (AvgIpc) is 3.37. The van der Waals surface area contributed by atoms with Crippen LogP contribution in [0.1, 0.15) is 128 Å². The molecule has 0 unspecified atom stereocenters. The van der Waals surface area contributed by atoms with Crippen LogP contribution in [-0.4, -0.2) is 42.4 Å². The number of nitrogens with one attached hydrogen (secondary N) is 1. The molecule has 1 amide bonds. The largest absolute Gasteiger partial charge is 1.00 e. The van der Waals surface area contributed by atoms with Crippen molar-refractivity contribution in [2.75, 3.05) is 6.54 Å². The first-order chi connectivity index (χ1) is 32.7. The molecule has 11 heteroatoms. The molecular formula is C58H67Cl2N7ORu-2. The van der Waals surface area contributed by atoms with E-state index in [4.69, 9.17) is 0 Å². The molecule has 1 N–H and O–H groups in total. The van der Waals surface area contributed by atoms with Crippen molar-refractivity contribution < 1.29 is 49.1 Å². The van der Waals surface area contributed by atoms with Crippen molar-refractivity contribution >= 4 is 71.3 Å². The molecule has 3 aromatic carbocycles. The number of carbonyl (C=O) groups is 1. The van der Waals surface area contributed by atoms with Crippen LogP contribution >= 0.6 is 0 Å². The Kier molecular flexibility index (Phi) is 26.0. The minimum absolute atomic E-state index is 0. The maximum Gasteiger partial charge on any atom is 0.219 e. The number of rotatable bonds is 21. The number of unbranched alkanes of at least 4 members (excludes halogenated alkanes) is 15. The summed E-state index contributed by atoms with van der Waals surface area (Å²) in [5.41, 5.74) is 7.18. The maximum absolute atomic E-state index is 12.2. The summed E-state index contributed by atoms with van der Waals surface area (Å²) in [5.74, 6) is 0.214. The Labute approximate surface area is 434 Å². The van der Waals surface area contributed by atoms with Crippen LogP contribution in [0, 0.1) is 0 Å². The average molecular weight is 1050 g/mol. The molecule has 364 valence electrons. The standard InChI is InChI=1S/C34H51N3O.2C12H8N2.2ClH.Ru/c1-2-3-4-5-6-7-8-9-10-11-12-13-14-15-16-22-32(38)35-26-18-17-20-29-25-28-37-34-31(29)24-23-30-21-19-27-36-33(30)34;2*1-3-9-5-6-10-4-2-8-14-12(10)11(9)13-7-1;;;/h19,21,23-25,27-28H,2-18,20,22,26H2,1H3,(H,35,38);2*1-8H;2*1H;/p-2. The summed E-state index contributed by atoms with van der Waals surface area (Å²) in [6.07, 6.45) is 35.0. The molecule has 9 aromatic rings. The first-order valence-electron chi connectivity index (χ1n) is 24.7. The van der Waals surface area contributed by atoms with E-state index in [1.54, 1.807) is 24.8 Å². The van der Waals surface area contributed by atoms with Gasteiger partial charge in [-0.25, -0.2) is 0 Å². The summed E-state index contributed by atoms with van der Waals surface area (Å²) >= 11 is 0. The predicted octanol–water partition coefficient (Wildman–Crippen LogP) is 9.05. The molecule has 6 heterocycles. The third kappa shape index (κ3) is 17.3. The Balaban J connectivity index is 0.000000270. The van der Waals surface area contributed by atoms with Crippen LogP contribution in [0.3, 0.4) is 0 Å². The zero-order valence-electron chi connectivity index (χ0n) is 40.1. The summed E-state index contributed by atoms with van der Waals surface area (Å²) in [6.45, 7) is 3.05. The quantitative estimate of drug-likeness (QED) is 0.0435. The second-order valence-corrected chi connectivity index (χ2v) is 17.4. The van der Waals surface area contributed by atoms with E-state index < -0.39 is 0 Å². The molecule has 0 spiro atoms. The van der Waals surface area contributed by atoms with Crippen LogP contribution in [0.2, 0.25) is 0 Å². The Morgan fingerprint density at radius 2 is 0.739 bits per heavy atom. The summed E-state index contributed by atoms with van der Waals surface area (Å²) in [5, 5.41) is 9.99. The smallest absolute Gasteiger partial charge is 0.219 e. The van der Waals surface area contributed by atoms with E-state index in [9.17, 15) is 4.79 Å². The van der Waals surface area contributed by atoms with Crippen LogP contribution in [0.4, 0.5) is 0 Å². The summed E-state index contributed by atoms with van der Waals surface area (Å²) in [7, 11) is 0. The summed E-state index contributed by atoms with van der Waals surface area (Å²) < 4.78 is 0. The molecule has 0 radical (unpaired) electrons. The molecule has 0 aliphatic carbocycles. The Hall–Kier alpha value is -5.21. The molecule has 0 atom stereocenters. The third-order valence-electron chi connectivity index (χ3n) is 12.5. The van der Waals surface area contributed by atoms with Crippen molar-refractivity contribution in [3.8, 4) is 0 Å². The fourth-order valence-corrected chi connectivity index (χ4v) is 8.80. The van der Waals surface area contributed by atoms with Crippen molar-refractivity contribution in [2.24, 2.45) is 0 Å². The summed E-state index contributed by atoms with van der Waals surface area (Å²) in [6, 6.07) is 34.7. The second kappa shape index (κ2) is 31.8. The molecule has 6 aromatic heterocycles. The molecule has 0 saturated carbocycles. The molecule has 0 aliphatic heterocycles. The number of aryl methyl sites for hydroxylation is 1. The molecule has 0 bridgehead atoms. The number of halogens is 2. The van der Waals surface area contributed by atoms with Gasteiger partial charge in [0.1, 0.15) is 0 Å². The van der Waals surface area contributed by atoms with Gasteiger partial charge in [-0.1, -0.05) is 164 Å². The van der Waals surface area contributed by atoms with Gasteiger partial charge in [-0.05, 0) is 67.6 Å². The first-order valence-corrected chi connectivity index (χ1v) is 24.7. The van der Waals surface area contributed by atoms with Gasteiger partial charge in [0.15, 0.2) is 0 Å². The van der Waals surface area contributed by atoms with E-state index in [0.29, 0.717) is 6.42 Å². The van der Waals surface area contributed by atoms with Gasteiger partial charge < -0.3 is 30.1 Å². The number of nitrogens with zero attached hydrogens (tertiary/aromatic N) is 6. The number of amides is 1. The Morgan fingerprint density at radius 3 is 1.14 bits per heavy atom. The number of pyridine rings is 6. The van der Waals surface area contributed by atoms with Crippen molar-refractivity contribution in [3.05, 3.63) is 146 Å². The predicted molar refractivity (Wildman–Crippen MR) is 277 cm³/mol. The van der Waals surface area contributed by atoms with Crippen molar-refractivity contribution in [1.82, 2.24) is 35.2 Å².